The molecule has 1 N–H and O–H groups in total. The molecule has 0 spiro atoms. The van der Waals surface area contributed by atoms with Crippen molar-refractivity contribution in [2.75, 3.05) is 16.8 Å². The largest absolute Gasteiger partial charge is 0.322 e. The number of hydrogen-bond donors (Lipinski definition) is 1. The summed E-state index contributed by atoms with van der Waals surface area (Å²) in [5.41, 5.74) is 4.09. The van der Waals surface area contributed by atoms with Crippen molar-refractivity contribution >= 4 is 23.2 Å². The molecule has 0 atom stereocenters. The first kappa shape index (κ1) is 17.5. The number of amides is 2. The molecule has 5 nitrogen and oxygen atoms in total. The SMILES string of the molecule is N#Cc1ccc(NC(=O)c2cccc(C(=O)N3CCc4ccccc43)c2)cc1. The lowest BCUT2D eigenvalue weighted by Crippen LogP contribution is -2.29. The Bertz CT molecular complexity index is 1100. The highest BCUT2D eigenvalue weighted by molar-refractivity contribution is 6.10. The fraction of sp³-hybridized carbons (Fsp3) is 0.0870. The van der Waals surface area contributed by atoms with Crippen LogP contribution in [0.25, 0.3) is 0 Å². The summed E-state index contributed by atoms with van der Waals surface area (Å²) in [7, 11) is 0. The number of rotatable bonds is 3. The second kappa shape index (κ2) is 7.37. The maximum absolute atomic E-state index is 13.0. The topological polar surface area (TPSA) is 73.2 Å². The molecule has 3 aromatic rings. The van der Waals surface area contributed by atoms with Crippen LogP contribution < -0.4 is 10.2 Å². The molecule has 0 radical (unpaired) electrons. The van der Waals surface area contributed by atoms with Gasteiger partial charge in [-0.3, -0.25) is 9.59 Å². The maximum atomic E-state index is 13.0. The highest BCUT2D eigenvalue weighted by Crippen LogP contribution is 2.29. The number of hydrogen-bond acceptors (Lipinski definition) is 3. The van der Waals surface area contributed by atoms with E-state index in [1.54, 1.807) is 53.4 Å². The van der Waals surface area contributed by atoms with Gasteiger partial charge in [0.05, 0.1) is 11.6 Å². The molecule has 2 amide bonds. The molecular formula is C23H17N3O2. The van der Waals surface area contributed by atoms with Gasteiger partial charge in [0.1, 0.15) is 0 Å². The van der Waals surface area contributed by atoms with E-state index in [-0.39, 0.29) is 11.8 Å². The molecule has 136 valence electrons. The van der Waals surface area contributed by atoms with Crippen LogP contribution in [0.4, 0.5) is 11.4 Å². The second-order valence-corrected chi connectivity index (χ2v) is 6.56. The number of para-hydroxylation sites is 1. The van der Waals surface area contributed by atoms with Gasteiger partial charge in [0, 0.05) is 29.0 Å². The number of anilines is 2. The van der Waals surface area contributed by atoms with Crippen LogP contribution in [0.3, 0.4) is 0 Å². The van der Waals surface area contributed by atoms with Gasteiger partial charge in [-0.1, -0.05) is 24.3 Å². The van der Waals surface area contributed by atoms with Gasteiger partial charge >= 0.3 is 0 Å². The van der Waals surface area contributed by atoms with Gasteiger partial charge < -0.3 is 10.2 Å². The number of nitrogens with zero attached hydrogens (tertiary/aromatic N) is 2. The highest BCUT2D eigenvalue weighted by Gasteiger charge is 2.25. The van der Waals surface area contributed by atoms with Crippen LogP contribution >= 0.6 is 0 Å². The van der Waals surface area contributed by atoms with Gasteiger partial charge in [0.2, 0.25) is 0 Å². The Kier molecular flexibility index (Phi) is 4.61. The third-order valence-corrected chi connectivity index (χ3v) is 4.78. The minimum atomic E-state index is -0.304. The summed E-state index contributed by atoms with van der Waals surface area (Å²) in [5, 5.41) is 11.6. The van der Waals surface area contributed by atoms with Gasteiger partial charge in [0.15, 0.2) is 0 Å². The van der Waals surface area contributed by atoms with E-state index < -0.39 is 0 Å². The average molecular weight is 367 g/mol. The van der Waals surface area contributed by atoms with E-state index in [9.17, 15) is 9.59 Å². The van der Waals surface area contributed by atoms with Crippen molar-refractivity contribution in [1.29, 1.82) is 5.26 Å². The van der Waals surface area contributed by atoms with E-state index in [0.717, 1.165) is 17.7 Å². The number of nitrogens with one attached hydrogen (secondary N) is 1. The van der Waals surface area contributed by atoms with Gasteiger partial charge in [0.25, 0.3) is 11.8 Å². The van der Waals surface area contributed by atoms with Crippen molar-refractivity contribution in [2.45, 2.75) is 6.42 Å². The number of carbonyl (C=O) groups is 2. The van der Waals surface area contributed by atoms with E-state index in [1.807, 2.05) is 30.3 Å². The van der Waals surface area contributed by atoms with Gasteiger partial charge in [-0.05, 0) is 60.5 Å². The fourth-order valence-electron chi connectivity index (χ4n) is 3.33. The summed E-state index contributed by atoms with van der Waals surface area (Å²) in [6.07, 6.45) is 0.834. The van der Waals surface area contributed by atoms with E-state index in [1.165, 1.54) is 0 Å². The molecule has 0 unspecified atom stereocenters. The summed E-state index contributed by atoms with van der Waals surface area (Å²) in [5.74, 6) is -0.417. The van der Waals surface area contributed by atoms with Crippen molar-refractivity contribution in [2.24, 2.45) is 0 Å². The molecule has 0 bridgehead atoms. The van der Waals surface area contributed by atoms with Gasteiger partial charge in [-0.25, -0.2) is 0 Å². The molecular weight excluding hydrogens is 350 g/mol. The maximum Gasteiger partial charge on any atom is 0.258 e. The average Bonchev–Trinajstić information content (AvgIpc) is 3.18. The lowest BCUT2D eigenvalue weighted by molar-refractivity contribution is 0.0989. The Morgan fingerprint density at radius 1 is 0.929 bits per heavy atom. The van der Waals surface area contributed by atoms with Crippen LogP contribution in [0.5, 0.6) is 0 Å². The predicted molar refractivity (Wildman–Crippen MR) is 107 cm³/mol. The van der Waals surface area contributed by atoms with Crippen molar-refractivity contribution in [3.63, 3.8) is 0 Å². The molecule has 0 fully saturated rings. The van der Waals surface area contributed by atoms with Crippen molar-refractivity contribution in [3.8, 4) is 6.07 Å². The van der Waals surface area contributed by atoms with Crippen LogP contribution in [0.1, 0.15) is 31.8 Å². The molecule has 0 aromatic heterocycles. The summed E-state index contributed by atoms with van der Waals surface area (Å²) >= 11 is 0. The zero-order valence-corrected chi connectivity index (χ0v) is 15.1. The molecule has 0 saturated carbocycles. The number of benzene rings is 3. The van der Waals surface area contributed by atoms with Crippen molar-refractivity contribution < 1.29 is 9.59 Å². The Morgan fingerprint density at radius 2 is 1.68 bits per heavy atom. The Morgan fingerprint density at radius 3 is 2.46 bits per heavy atom. The zero-order chi connectivity index (χ0) is 19.5. The van der Waals surface area contributed by atoms with E-state index in [0.29, 0.717) is 28.9 Å². The molecule has 1 aliphatic rings. The quantitative estimate of drug-likeness (QED) is 0.760. The first-order valence-electron chi connectivity index (χ1n) is 8.97. The number of carbonyl (C=O) groups excluding carboxylic acids is 2. The molecule has 5 heteroatoms. The molecule has 28 heavy (non-hydrogen) atoms. The molecule has 3 aromatic carbocycles. The molecule has 4 rings (SSSR count). The third kappa shape index (κ3) is 3.36. The highest BCUT2D eigenvalue weighted by atomic mass is 16.2. The monoisotopic (exact) mass is 367 g/mol. The smallest absolute Gasteiger partial charge is 0.258 e. The summed E-state index contributed by atoms with van der Waals surface area (Å²) in [6, 6.07) is 23.3. The van der Waals surface area contributed by atoms with Crippen LogP contribution in [-0.4, -0.2) is 18.4 Å². The third-order valence-electron chi connectivity index (χ3n) is 4.78. The first-order valence-corrected chi connectivity index (χ1v) is 8.97. The minimum Gasteiger partial charge on any atom is -0.322 e. The van der Waals surface area contributed by atoms with Crippen molar-refractivity contribution in [1.82, 2.24) is 0 Å². The van der Waals surface area contributed by atoms with Crippen LogP contribution in [0.15, 0.2) is 72.8 Å². The summed E-state index contributed by atoms with van der Waals surface area (Å²) in [6.45, 7) is 0.639. The first-order chi connectivity index (χ1) is 13.7. The zero-order valence-electron chi connectivity index (χ0n) is 15.1. The Labute approximate surface area is 162 Å². The van der Waals surface area contributed by atoms with E-state index in [4.69, 9.17) is 5.26 Å². The second-order valence-electron chi connectivity index (χ2n) is 6.56. The van der Waals surface area contributed by atoms with Crippen LogP contribution in [0, 0.1) is 11.3 Å². The van der Waals surface area contributed by atoms with Gasteiger partial charge in [-0.2, -0.15) is 5.26 Å². The standard InChI is InChI=1S/C23H17N3O2/c24-15-16-8-10-20(11-9-16)25-22(27)18-5-3-6-19(14-18)23(28)26-13-12-17-4-1-2-7-21(17)26/h1-11,14H,12-13H2,(H,25,27). The summed E-state index contributed by atoms with van der Waals surface area (Å²) in [4.78, 5) is 27.3. The molecule has 1 heterocycles. The Balaban J connectivity index is 1.53. The summed E-state index contributed by atoms with van der Waals surface area (Å²) < 4.78 is 0. The number of fused-ring (bicyclic) bond motifs is 1. The van der Waals surface area contributed by atoms with Crippen molar-refractivity contribution in [3.05, 3.63) is 95.1 Å². The molecule has 1 aliphatic heterocycles. The Hall–Kier alpha value is -3.91. The number of nitriles is 1. The lowest BCUT2D eigenvalue weighted by Gasteiger charge is -2.17. The minimum absolute atomic E-state index is 0.113. The van der Waals surface area contributed by atoms with Gasteiger partial charge in [-0.15, -0.1) is 0 Å². The molecule has 0 aliphatic carbocycles. The normalized spacial score (nSPS) is 12.2. The molecule has 0 saturated heterocycles. The van der Waals surface area contributed by atoms with Crippen LogP contribution in [-0.2, 0) is 6.42 Å². The van der Waals surface area contributed by atoms with Crippen LogP contribution in [0.2, 0.25) is 0 Å². The predicted octanol–water partition coefficient (Wildman–Crippen LogP) is 4.01. The van der Waals surface area contributed by atoms with E-state index in [2.05, 4.69) is 5.32 Å². The fourth-order valence-corrected chi connectivity index (χ4v) is 3.33. The van der Waals surface area contributed by atoms with E-state index >= 15 is 0 Å². The lowest BCUT2D eigenvalue weighted by atomic mass is 10.1.